The van der Waals surface area contributed by atoms with E-state index in [1.54, 1.807) is 7.11 Å². The number of benzene rings is 2. The van der Waals surface area contributed by atoms with Crippen molar-refractivity contribution in [2.24, 2.45) is 11.8 Å². The van der Waals surface area contributed by atoms with Gasteiger partial charge in [-0.25, -0.2) is 4.79 Å². The van der Waals surface area contributed by atoms with E-state index in [0.717, 1.165) is 83.9 Å². The summed E-state index contributed by atoms with van der Waals surface area (Å²) in [5.41, 5.74) is 6.16. The van der Waals surface area contributed by atoms with E-state index in [0.29, 0.717) is 35.7 Å². The van der Waals surface area contributed by atoms with Gasteiger partial charge in [-0.1, -0.05) is 64.0 Å². The number of carbonyl (C=O) groups is 4. The molecule has 0 aromatic heterocycles. The quantitative estimate of drug-likeness (QED) is 0.0581. The molecule has 0 amide bonds. The van der Waals surface area contributed by atoms with Gasteiger partial charge < -0.3 is 28.8 Å². The summed E-state index contributed by atoms with van der Waals surface area (Å²) in [6, 6.07) is 3.86. The van der Waals surface area contributed by atoms with Crippen LogP contribution in [0, 0.1) is 32.6 Å². The van der Waals surface area contributed by atoms with Crippen LogP contribution in [0.3, 0.4) is 0 Å². The molecule has 2 aromatic rings. The monoisotopic (exact) mass is 708 g/mol. The number of carbonyl (C=O) groups excluding carboxylic acids is 3. The number of cyclic esters (lactones) is 1. The van der Waals surface area contributed by atoms with Crippen LogP contribution in [0.25, 0.3) is 0 Å². The van der Waals surface area contributed by atoms with E-state index in [-0.39, 0.29) is 49.8 Å². The van der Waals surface area contributed by atoms with Crippen LogP contribution in [0.15, 0.2) is 23.8 Å². The molecule has 1 aliphatic rings. The van der Waals surface area contributed by atoms with E-state index in [9.17, 15) is 19.2 Å². The van der Waals surface area contributed by atoms with Crippen LogP contribution >= 0.6 is 0 Å². The Labute approximate surface area is 302 Å². The predicted octanol–water partition coefficient (Wildman–Crippen LogP) is 8.69. The maximum absolute atomic E-state index is 13.0. The van der Waals surface area contributed by atoms with Crippen LogP contribution in [0.2, 0.25) is 0 Å². The first-order valence-corrected chi connectivity index (χ1v) is 18.0. The number of fused-ring (bicyclic) bond motifs is 1. The minimum absolute atomic E-state index is 0.146. The highest BCUT2D eigenvalue weighted by Crippen LogP contribution is 2.43. The molecule has 2 unspecified atom stereocenters. The molecule has 51 heavy (non-hydrogen) atoms. The average molecular weight is 709 g/mol. The van der Waals surface area contributed by atoms with Crippen LogP contribution in [-0.2, 0) is 43.5 Å². The summed E-state index contributed by atoms with van der Waals surface area (Å²) < 4.78 is 28.4. The Bertz CT molecular complexity index is 1560. The van der Waals surface area contributed by atoms with Gasteiger partial charge in [0.25, 0.3) is 0 Å². The zero-order valence-electron chi connectivity index (χ0n) is 31.7. The van der Waals surface area contributed by atoms with Crippen molar-refractivity contribution in [2.45, 2.75) is 125 Å². The van der Waals surface area contributed by atoms with E-state index >= 15 is 0 Å². The smallest absolute Gasteiger partial charge is 0.342 e. The Morgan fingerprint density at radius 2 is 1.57 bits per heavy atom. The molecule has 0 saturated carbocycles. The normalized spacial score (nSPS) is 13.6. The molecule has 3 rings (SSSR count). The zero-order valence-corrected chi connectivity index (χ0v) is 31.7. The van der Waals surface area contributed by atoms with Crippen molar-refractivity contribution in [3.05, 3.63) is 62.7 Å². The lowest BCUT2D eigenvalue weighted by molar-refractivity contribution is -0.141. The van der Waals surface area contributed by atoms with Crippen LogP contribution in [-0.4, -0.2) is 43.2 Å². The molecular weight excluding hydrogens is 652 g/mol. The summed E-state index contributed by atoms with van der Waals surface area (Å²) in [4.78, 5) is 48.5. The zero-order chi connectivity index (χ0) is 37.7. The number of esters is 3. The molecule has 2 aromatic carbocycles. The molecule has 280 valence electrons. The SMILES string of the molecule is COC(=O)CCC(C)=CCc1c(OC)c(C)c2c(c1OCc1cc(C)c(OC(=O)C(C)CCCCCCCC(C)CC(=O)O)c(C)c1)C(=O)OC2. The highest BCUT2D eigenvalue weighted by molar-refractivity contribution is 5.98. The number of methoxy groups -OCH3 is 2. The number of aliphatic carboxylic acids is 1. The molecular formula is C41H56O10. The second-order valence-electron chi connectivity index (χ2n) is 13.9. The van der Waals surface area contributed by atoms with Crippen LogP contribution in [0.1, 0.15) is 129 Å². The van der Waals surface area contributed by atoms with Crippen molar-refractivity contribution in [1.29, 1.82) is 0 Å². The van der Waals surface area contributed by atoms with Crippen molar-refractivity contribution >= 4 is 23.9 Å². The maximum Gasteiger partial charge on any atom is 0.342 e. The van der Waals surface area contributed by atoms with Crippen LogP contribution in [0.4, 0.5) is 0 Å². The largest absolute Gasteiger partial charge is 0.496 e. The first-order valence-electron chi connectivity index (χ1n) is 18.0. The Kier molecular flexibility index (Phi) is 16.0. The topological polar surface area (TPSA) is 135 Å². The fraction of sp³-hybridized carbons (Fsp3) is 0.561. The number of ether oxygens (including phenoxy) is 5. The molecule has 0 fully saturated rings. The number of rotatable bonds is 21. The van der Waals surface area contributed by atoms with Gasteiger partial charge >= 0.3 is 23.9 Å². The Balaban J connectivity index is 1.66. The second-order valence-corrected chi connectivity index (χ2v) is 13.9. The van der Waals surface area contributed by atoms with Crippen molar-refractivity contribution in [2.75, 3.05) is 14.2 Å². The highest BCUT2D eigenvalue weighted by atomic mass is 16.5. The van der Waals surface area contributed by atoms with E-state index in [4.69, 9.17) is 28.8 Å². The van der Waals surface area contributed by atoms with Gasteiger partial charge in [0.2, 0.25) is 0 Å². The van der Waals surface area contributed by atoms with Gasteiger partial charge in [0.05, 0.1) is 20.1 Å². The van der Waals surface area contributed by atoms with Crippen molar-refractivity contribution in [3.8, 4) is 17.2 Å². The lowest BCUT2D eigenvalue weighted by Gasteiger charge is -2.20. The number of aryl methyl sites for hydroxylation is 2. The molecule has 0 aliphatic carbocycles. The summed E-state index contributed by atoms with van der Waals surface area (Å²) in [6.45, 7) is 11.8. The van der Waals surface area contributed by atoms with Gasteiger partial charge in [0, 0.05) is 24.0 Å². The second kappa shape index (κ2) is 19.9. The fourth-order valence-corrected chi connectivity index (χ4v) is 6.58. The number of hydrogen-bond donors (Lipinski definition) is 1. The van der Waals surface area contributed by atoms with E-state index in [1.807, 2.05) is 59.8 Å². The Morgan fingerprint density at radius 3 is 2.20 bits per heavy atom. The summed E-state index contributed by atoms with van der Waals surface area (Å²) in [6.07, 6.45) is 10.3. The predicted molar refractivity (Wildman–Crippen MR) is 194 cm³/mol. The number of allylic oxidation sites excluding steroid dienone is 2. The number of hydrogen-bond acceptors (Lipinski definition) is 9. The minimum Gasteiger partial charge on any atom is -0.496 e. The van der Waals surface area contributed by atoms with Gasteiger partial charge in [-0.15, -0.1) is 0 Å². The first kappa shape index (κ1) is 41.1. The third-order valence-electron chi connectivity index (χ3n) is 9.60. The average Bonchev–Trinajstić information content (AvgIpc) is 3.47. The van der Waals surface area contributed by atoms with Gasteiger partial charge in [0.1, 0.15) is 36.0 Å². The van der Waals surface area contributed by atoms with Crippen molar-refractivity contribution < 1.29 is 48.0 Å². The third-order valence-corrected chi connectivity index (χ3v) is 9.60. The van der Waals surface area contributed by atoms with E-state index in [2.05, 4.69) is 0 Å². The highest BCUT2D eigenvalue weighted by Gasteiger charge is 2.33. The molecule has 0 spiro atoms. The molecule has 1 N–H and O–H groups in total. The van der Waals surface area contributed by atoms with E-state index in [1.165, 1.54) is 7.11 Å². The summed E-state index contributed by atoms with van der Waals surface area (Å²) in [7, 11) is 2.97. The molecule has 1 aliphatic heterocycles. The fourth-order valence-electron chi connectivity index (χ4n) is 6.58. The molecule has 1 heterocycles. The van der Waals surface area contributed by atoms with Gasteiger partial charge in [-0.3, -0.25) is 14.4 Å². The molecule has 0 bridgehead atoms. The molecule has 0 saturated heterocycles. The van der Waals surface area contributed by atoms with Gasteiger partial charge in [-0.05, 0) is 87.3 Å². The summed E-state index contributed by atoms with van der Waals surface area (Å²) in [5, 5.41) is 8.90. The molecule has 10 nitrogen and oxygen atoms in total. The van der Waals surface area contributed by atoms with Gasteiger partial charge in [0.15, 0.2) is 0 Å². The minimum atomic E-state index is -0.740. The van der Waals surface area contributed by atoms with Crippen molar-refractivity contribution in [1.82, 2.24) is 0 Å². The Hall–Kier alpha value is -4.34. The lowest BCUT2D eigenvalue weighted by Crippen LogP contribution is -2.19. The Morgan fingerprint density at radius 1 is 0.922 bits per heavy atom. The standard InChI is InChI=1S/C41H56O10/c1-25(17-19-35(44)47-7)16-18-32-38(48-8)30(6)33-24-50-41(46)36(33)39(32)49-23-31-21-28(4)37(29(5)22-31)51-40(45)27(3)15-13-11-9-10-12-14-26(2)20-34(42)43/h16,21-22,26-27H,9-15,17-20,23-24H2,1-8H3,(H,42,43). The molecule has 2 atom stereocenters. The first-order chi connectivity index (χ1) is 24.3. The summed E-state index contributed by atoms with van der Waals surface area (Å²) in [5.74, 6) is -0.162. The third kappa shape index (κ3) is 11.9. The number of carboxylic acid groups (broad SMARTS) is 1. The lowest BCUT2D eigenvalue weighted by atomic mass is 9.94. The number of carboxylic acids is 1. The van der Waals surface area contributed by atoms with Gasteiger partial charge in [-0.2, -0.15) is 0 Å². The summed E-state index contributed by atoms with van der Waals surface area (Å²) >= 11 is 0. The number of unbranched alkanes of at least 4 members (excludes halogenated alkanes) is 4. The van der Waals surface area contributed by atoms with Crippen molar-refractivity contribution in [3.63, 3.8) is 0 Å². The molecule has 10 heteroatoms. The maximum atomic E-state index is 13.0. The van der Waals surface area contributed by atoms with Crippen LogP contribution < -0.4 is 14.2 Å². The molecule has 0 radical (unpaired) electrons. The van der Waals surface area contributed by atoms with E-state index < -0.39 is 11.9 Å². The van der Waals surface area contributed by atoms with Crippen LogP contribution in [0.5, 0.6) is 17.2 Å².